The highest BCUT2D eigenvalue weighted by Crippen LogP contribution is 2.29. The van der Waals surface area contributed by atoms with Gasteiger partial charge in [0.2, 0.25) is 5.91 Å². The van der Waals surface area contributed by atoms with Gasteiger partial charge in [-0.25, -0.2) is 0 Å². The Hall–Kier alpha value is -1.82. The lowest BCUT2D eigenvalue weighted by atomic mass is 9.96. The molecule has 88 valence electrons. The molecule has 0 aromatic heterocycles. The fourth-order valence-corrected chi connectivity index (χ4v) is 2.22. The smallest absolute Gasteiger partial charge is 0.244 e. The van der Waals surface area contributed by atoms with Crippen LogP contribution in [0.3, 0.4) is 0 Å². The molecule has 1 aliphatic heterocycles. The van der Waals surface area contributed by atoms with Crippen molar-refractivity contribution < 1.29 is 4.79 Å². The van der Waals surface area contributed by atoms with E-state index in [2.05, 4.69) is 6.07 Å². The Labute approximate surface area is 102 Å². The number of para-hydroxylation sites is 1. The number of anilines is 1. The molecule has 0 radical (unpaired) electrons. The van der Waals surface area contributed by atoms with Crippen LogP contribution < -0.4 is 4.90 Å². The van der Waals surface area contributed by atoms with E-state index in [1.807, 2.05) is 38.1 Å². The minimum Gasteiger partial charge on any atom is -0.311 e. The van der Waals surface area contributed by atoms with Crippen LogP contribution in [0.15, 0.2) is 24.3 Å². The molecule has 0 bridgehead atoms. The summed E-state index contributed by atoms with van der Waals surface area (Å²) in [5, 5.41) is 9.08. The van der Waals surface area contributed by atoms with Gasteiger partial charge in [-0.05, 0) is 24.0 Å². The number of carbonyl (C=O) groups excluding carboxylic acids is 1. The first kappa shape index (κ1) is 11.7. The third kappa shape index (κ3) is 2.03. The number of nitrogens with zero attached hydrogens (tertiary/aromatic N) is 2. The van der Waals surface area contributed by atoms with E-state index >= 15 is 0 Å². The van der Waals surface area contributed by atoms with Gasteiger partial charge < -0.3 is 4.90 Å². The maximum Gasteiger partial charge on any atom is 0.244 e. The van der Waals surface area contributed by atoms with Gasteiger partial charge in [0.15, 0.2) is 0 Å². The summed E-state index contributed by atoms with van der Waals surface area (Å²) in [5.41, 5.74) is 2.17. The number of amides is 1. The van der Waals surface area contributed by atoms with Gasteiger partial charge in [-0.1, -0.05) is 32.0 Å². The molecule has 2 rings (SSSR count). The molecule has 0 saturated heterocycles. The molecular weight excluding hydrogens is 212 g/mol. The van der Waals surface area contributed by atoms with Crippen LogP contribution in [-0.4, -0.2) is 12.5 Å². The van der Waals surface area contributed by atoms with Crippen molar-refractivity contribution in [2.45, 2.75) is 20.3 Å². The summed E-state index contributed by atoms with van der Waals surface area (Å²) in [6.45, 7) is 4.52. The van der Waals surface area contributed by atoms with Crippen LogP contribution in [0.1, 0.15) is 19.4 Å². The molecule has 3 nitrogen and oxygen atoms in total. The fourth-order valence-electron chi connectivity index (χ4n) is 2.22. The van der Waals surface area contributed by atoms with E-state index in [4.69, 9.17) is 5.26 Å². The molecule has 1 aliphatic rings. The summed E-state index contributed by atoms with van der Waals surface area (Å²) in [4.78, 5) is 14.0. The molecule has 3 heteroatoms. The summed E-state index contributed by atoms with van der Waals surface area (Å²) in [6, 6.07) is 10.0. The van der Waals surface area contributed by atoms with Crippen molar-refractivity contribution in [3.8, 4) is 6.07 Å². The minimum absolute atomic E-state index is 0.0558. The van der Waals surface area contributed by atoms with E-state index < -0.39 is 5.92 Å². The summed E-state index contributed by atoms with van der Waals surface area (Å²) in [5.74, 6) is -0.547. The predicted octanol–water partition coefficient (Wildman–Crippen LogP) is 2.37. The van der Waals surface area contributed by atoms with Gasteiger partial charge in [-0.3, -0.25) is 4.79 Å². The minimum atomic E-state index is -0.541. The maximum atomic E-state index is 12.3. The molecule has 1 heterocycles. The molecular formula is C14H16N2O. The average molecular weight is 228 g/mol. The van der Waals surface area contributed by atoms with E-state index in [-0.39, 0.29) is 11.8 Å². The Morgan fingerprint density at radius 3 is 2.76 bits per heavy atom. The van der Waals surface area contributed by atoms with Gasteiger partial charge in [-0.15, -0.1) is 0 Å². The van der Waals surface area contributed by atoms with E-state index in [9.17, 15) is 4.79 Å². The van der Waals surface area contributed by atoms with Gasteiger partial charge in [0, 0.05) is 12.2 Å². The Balaban J connectivity index is 2.27. The topological polar surface area (TPSA) is 44.1 Å². The van der Waals surface area contributed by atoms with Crippen LogP contribution in [0.4, 0.5) is 5.69 Å². The average Bonchev–Trinajstić information content (AvgIpc) is 2.72. The molecule has 17 heavy (non-hydrogen) atoms. The van der Waals surface area contributed by atoms with E-state index in [1.165, 1.54) is 5.56 Å². The van der Waals surface area contributed by atoms with Crippen LogP contribution in [0.25, 0.3) is 0 Å². The van der Waals surface area contributed by atoms with Crippen molar-refractivity contribution in [2.24, 2.45) is 11.8 Å². The Morgan fingerprint density at radius 2 is 2.12 bits per heavy atom. The zero-order valence-electron chi connectivity index (χ0n) is 10.2. The zero-order valence-corrected chi connectivity index (χ0v) is 10.2. The molecule has 0 spiro atoms. The number of fused-ring (bicyclic) bond motifs is 1. The Bertz CT molecular complexity index is 473. The summed E-state index contributed by atoms with van der Waals surface area (Å²) in [7, 11) is 0. The fraction of sp³-hybridized carbons (Fsp3) is 0.429. The van der Waals surface area contributed by atoms with Crippen LogP contribution in [0.5, 0.6) is 0 Å². The van der Waals surface area contributed by atoms with Crippen molar-refractivity contribution in [2.75, 3.05) is 11.4 Å². The number of carbonyl (C=O) groups is 1. The SMILES string of the molecule is CC(C)C(C#N)C(=O)N1CCc2ccccc21. The largest absolute Gasteiger partial charge is 0.311 e. The molecule has 1 aromatic rings. The normalized spacial score (nSPS) is 15.5. The third-order valence-corrected chi connectivity index (χ3v) is 3.22. The lowest BCUT2D eigenvalue weighted by Gasteiger charge is -2.22. The highest BCUT2D eigenvalue weighted by molar-refractivity contribution is 5.98. The van der Waals surface area contributed by atoms with Crippen LogP contribution >= 0.6 is 0 Å². The van der Waals surface area contributed by atoms with Crippen LogP contribution in [-0.2, 0) is 11.2 Å². The molecule has 1 aromatic carbocycles. The summed E-state index contributed by atoms with van der Waals surface area (Å²) in [6.07, 6.45) is 0.887. The van der Waals surface area contributed by atoms with E-state index in [0.717, 1.165) is 12.1 Å². The predicted molar refractivity (Wildman–Crippen MR) is 66.4 cm³/mol. The zero-order chi connectivity index (χ0) is 12.4. The second-order valence-electron chi connectivity index (χ2n) is 4.72. The first-order valence-corrected chi connectivity index (χ1v) is 5.94. The van der Waals surface area contributed by atoms with Gasteiger partial charge in [-0.2, -0.15) is 5.26 Å². The van der Waals surface area contributed by atoms with Gasteiger partial charge in [0.1, 0.15) is 5.92 Å². The molecule has 0 N–H and O–H groups in total. The molecule has 0 fully saturated rings. The van der Waals surface area contributed by atoms with Crippen molar-refractivity contribution in [1.29, 1.82) is 5.26 Å². The van der Waals surface area contributed by atoms with Crippen LogP contribution in [0, 0.1) is 23.2 Å². The Morgan fingerprint density at radius 1 is 1.41 bits per heavy atom. The van der Waals surface area contributed by atoms with Crippen LogP contribution in [0.2, 0.25) is 0 Å². The number of hydrogen-bond acceptors (Lipinski definition) is 2. The highest BCUT2D eigenvalue weighted by Gasteiger charge is 2.31. The number of benzene rings is 1. The van der Waals surface area contributed by atoms with Gasteiger partial charge in [0.05, 0.1) is 6.07 Å². The molecule has 0 saturated carbocycles. The third-order valence-electron chi connectivity index (χ3n) is 3.22. The number of hydrogen-bond donors (Lipinski definition) is 0. The van der Waals surface area contributed by atoms with Crippen molar-refractivity contribution in [3.05, 3.63) is 29.8 Å². The van der Waals surface area contributed by atoms with Gasteiger partial charge in [0.25, 0.3) is 0 Å². The monoisotopic (exact) mass is 228 g/mol. The first-order valence-electron chi connectivity index (χ1n) is 5.94. The second-order valence-corrected chi connectivity index (χ2v) is 4.72. The quantitative estimate of drug-likeness (QED) is 0.780. The first-order chi connectivity index (χ1) is 8.15. The van der Waals surface area contributed by atoms with Crippen molar-refractivity contribution >= 4 is 11.6 Å². The summed E-state index contributed by atoms with van der Waals surface area (Å²) >= 11 is 0. The molecule has 1 unspecified atom stereocenters. The lowest BCUT2D eigenvalue weighted by Crippen LogP contribution is -2.36. The second kappa shape index (κ2) is 4.58. The lowest BCUT2D eigenvalue weighted by molar-refractivity contribution is -0.121. The van der Waals surface area contributed by atoms with E-state index in [0.29, 0.717) is 6.54 Å². The van der Waals surface area contributed by atoms with E-state index in [1.54, 1.807) is 4.90 Å². The standard InChI is InChI=1S/C14H16N2O/c1-10(2)12(9-15)14(17)16-8-7-11-5-3-4-6-13(11)16/h3-6,10,12H,7-8H2,1-2H3. The Kier molecular flexibility index (Phi) is 3.14. The molecule has 1 amide bonds. The molecule has 1 atom stereocenters. The van der Waals surface area contributed by atoms with Crippen molar-refractivity contribution in [3.63, 3.8) is 0 Å². The summed E-state index contributed by atoms with van der Waals surface area (Å²) < 4.78 is 0. The maximum absolute atomic E-state index is 12.3. The van der Waals surface area contributed by atoms with Gasteiger partial charge >= 0.3 is 0 Å². The van der Waals surface area contributed by atoms with Crippen molar-refractivity contribution in [1.82, 2.24) is 0 Å². The highest BCUT2D eigenvalue weighted by atomic mass is 16.2. The number of rotatable bonds is 2. The number of nitriles is 1. The molecule has 0 aliphatic carbocycles.